The number of imidazole rings is 1. The summed E-state index contributed by atoms with van der Waals surface area (Å²) in [5.74, 6) is 1.94. The average molecular weight is 265 g/mol. The number of hydrogen-bond donors (Lipinski definition) is 1. The number of methoxy groups -OCH3 is 1. The molecule has 4 nitrogen and oxygen atoms in total. The lowest BCUT2D eigenvalue weighted by Crippen LogP contribution is -2.25. The molecule has 0 amide bonds. The van der Waals surface area contributed by atoms with Crippen LogP contribution in [0.3, 0.4) is 0 Å². The normalized spacial score (nSPS) is 12.6. The van der Waals surface area contributed by atoms with Crippen LogP contribution in [0.15, 0.2) is 23.8 Å². The summed E-state index contributed by atoms with van der Waals surface area (Å²) in [7, 11) is 3.72. The molecule has 0 bridgehead atoms. The van der Waals surface area contributed by atoms with Crippen molar-refractivity contribution in [3.8, 4) is 5.75 Å². The first-order valence-corrected chi connectivity index (χ1v) is 6.97. The Morgan fingerprint density at radius 1 is 1.56 bits per heavy atom. The summed E-state index contributed by atoms with van der Waals surface area (Å²) in [5, 5.41) is 5.56. The molecule has 0 fully saturated rings. The number of hydrogen-bond acceptors (Lipinski definition) is 4. The van der Waals surface area contributed by atoms with E-state index in [-0.39, 0.29) is 6.04 Å². The molecule has 1 N–H and O–H groups in total. The van der Waals surface area contributed by atoms with Crippen molar-refractivity contribution >= 4 is 11.3 Å². The summed E-state index contributed by atoms with van der Waals surface area (Å²) in [4.78, 5) is 5.68. The van der Waals surface area contributed by atoms with E-state index in [0.717, 1.165) is 24.5 Å². The van der Waals surface area contributed by atoms with Crippen molar-refractivity contribution in [2.75, 3.05) is 13.7 Å². The fourth-order valence-electron chi connectivity index (χ4n) is 1.86. The summed E-state index contributed by atoms with van der Waals surface area (Å²) >= 11 is 1.70. The van der Waals surface area contributed by atoms with Crippen LogP contribution in [0.1, 0.15) is 30.1 Å². The third kappa shape index (κ3) is 2.73. The molecule has 2 rings (SSSR count). The van der Waals surface area contributed by atoms with Gasteiger partial charge in [0.25, 0.3) is 0 Å². The van der Waals surface area contributed by atoms with Gasteiger partial charge in [-0.1, -0.05) is 6.92 Å². The maximum Gasteiger partial charge on any atom is 0.131 e. The smallest absolute Gasteiger partial charge is 0.131 e. The molecule has 0 aliphatic carbocycles. The van der Waals surface area contributed by atoms with Crippen LogP contribution in [-0.2, 0) is 7.05 Å². The van der Waals surface area contributed by atoms with Gasteiger partial charge in [0.1, 0.15) is 17.6 Å². The van der Waals surface area contributed by atoms with Gasteiger partial charge < -0.3 is 14.6 Å². The predicted octanol–water partition coefficient (Wildman–Crippen LogP) is 2.58. The van der Waals surface area contributed by atoms with Crippen LogP contribution in [0.2, 0.25) is 0 Å². The molecule has 2 aromatic rings. The third-order valence-electron chi connectivity index (χ3n) is 2.83. The fourth-order valence-corrected chi connectivity index (χ4v) is 2.78. The number of nitrogens with one attached hydrogen (secondary N) is 1. The Balaban J connectivity index is 2.27. The lowest BCUT2D eigenvalue weighted by molar-refractivity contribution is 0.416. The number of thiophene rings is 1. The SMILES string of the molecule is CCCNC(c1cc(OC)cs1)c1nccn1C. The maximum absolute atomic E-state index is 5.25. The number of ether oxygens (including phenoxy) is 1. The fraction of sp³-hybridized carbons (Fsp3) is 0.462. The topological polar surface area (TPSA) is 39.1 Å². The second kappa shape index (κ2) is 6.02. The lowest BCUT2D eigenvalue weighted by Gasteiger charge is -2.16. The van der Waals surface area contributed by atoms with Crippen LogP contribution < -0.4 is 10.1 Å². The molecule has 0 spiro atoms. The Kier molecular flexibility index (Phi) is 4.38. The van der Waals surface area contributed by atoms with Crippen molar-refractivity contribution in [3.05, 3.63) is 34.5 Å². The van der Waals surface area contributed by atoms with Gasteiger partial charge in [0.05, 0.1) is 7.11 Å². The molecular weight excluding hydrogens is 246 g/mol. The zero-order chi connectivity index (χ0) is 13.0. The van der Waals surface area contributed by atoms with Crippen molar-refractivity contribution in [1.29, 1.82) is 0 Å². The highest BCUT2D eigenvalue weighted by molar-refractivity contribution is 7.10. The number of aromatic nitrogens is 2. The highest BCUT2D eigenvalue weighted by Crippen LogP contribution is 2.30. The van der Waals surface area contributed by atoms with Crippen LogP contribution >= 0.6 is 11.3 Å². The molecule has 0 saturated heterocycles. The van der Waals surface area contributed by atoms with E-state index in [1.165, 1.54) is 4.88 Å². The van der Waals surface area contributed by atoms with E-state index in [1.807, 2.05) is 24.8 Å². The van der Waals surface area contributed by atoms with Gasteiger partial charge in [0.2, 0.25) is 0 Å². The molecule has 1 unspecified atom stereocenters. The van der Waals surface area contributed by atoms with Crippen LogP contribution in [0, 0.1) is 0 Å². The number of nitrogens with zero attached hydrogens (tertiary/aromatic N) is 2. The molecule has 1 atom stereocenters. The third-order valence-corrected chi connectivity index (χ3v) is 3.81. The largest absolute Gasteiger partial charge is 0.496 e. The molecular formula is C13H19N3OS. The Morgan fingerprint density at radius 3 is 2.94 bits per heavy atom. The van der Waals surface area contributed by atoms with E-state index in [4.69, 9.17) is 4.74 Å². The van der Waals surface area contributed by atoms with E-state index in [1.54, 1.807) is 18.4 Å². The van der Waals surface area contributed by atoms with E-state index < -0.39 is 0 Å². The van der Waals surface area contributed by atoms with E-state index in [0.29, 0.717) is 0 Å². The number of aryl methyl sites for hydroxylation is 1. The van der Waals surface area contributed by atoms with E-state index in [2.05, 4.69) is 27.9 Å². The minimum atomic E-state index is 0.138. The molecule has 2 heterocycles. The molecule has 98 valence electrons. The van der Waals surface area contributed by atoms with Crippen LogP contribution in [0.4, 0.5) is 0 Å². The average Bonchev–Trinajstić information content (AvgIpc) is 3.00. The quantitative estimate of drug-likeness (QED) is 0.872. The van der Waals surface area contributed by atoms with Gasteiger partial charge >= 0.3 is 0 Å². The molecule has 0 radical (unpaired) electrons. The van der Waals surface area contributed by atoms with Crippen LogP contribution in [-0.4, -0.2) is 23.2 Å². The van der Waals surface area contributed by atoms with Crippen molar-refractivity contribution in [3.63, 3.8) is 0 Å². The Morgan fingerprint density at radius 2 is 2.39 bits per heavy atom. The van der Waals surface area contributed by atoms with Crippen LogP contribution in [0.5, 0.6) is 5.75 Å². The van der Waals surface area contributed by atoms with Gasteiger partial charge in [-0.25, -0.2) is 4.98 Å². The van der Waals surface area contributed by atoms with Gasteiger partial charge in [-0.05, 0) is 19.0 Å². The zero-order valence-electron chi connectivity index (χ0n) is 11.0. The summed E-state index contributed by atoms with van der Waals surface area (Å²) in [6, 6.07) is 2.21. The van der Waals surface area contributed by atoms with Gasteiger partial charge in [-0.2, -0.15) is 0 Å². The second-order valence-corrected chi connectivity index (χ2v) is 5.12. The molecule has 2 aromatic heterocycles. The summed E-state index contributed by atoms with van der Waals surface area (Å²) < 4.78 is 7.31. The van der Waals surface area contributed by atoms with Crippen molar-refractivity contribution in [2.24, 2.45) is 7.05 Å². The highest BCUT2D eigenvalue weighted by atomic mass is 32.1. The first-order valence-electron chi connectivity index (χ1n) is 6.09. The first-order chi connectivity index (χ1) is 8.76. The number of rotatable bonds is 6. The molecule has 5 heteroatoms. The minimum absolute atomic E-state index is 0.138. The van der Waals surface area contributed by atoms with Crippen LogP contribution in [0.25, 0.3) is 0 Å². The molecule has 0 aromatic carbocycles. The van der Waals surface area contributed by atoms with E-state index >= 15 is 0 Å². The molecule has 18 heavy (non-hydrogen) atoms. The van der Waals surface area contributed by atoms with Crippen molar-refractivity contribution in [1.82, 2.24) is 14.9 Å². The first kappa shape index (κ1) is 13.1. The second-order valence-electron chi connectivity index (χ2n) is 4.17. The lowest BCUT2D eigenvalue weighted by atomic mass is 10.2. The standard InChI is InChI=1S/C13H19N3OS/c1-4-5-14-12(13-15-6-7-16(13)2)11-8-10(17-3)9-18-11/h6-9,12,14H,4-5H2,1-3H3. The van der Waals surface area contributed by atoms with Crippen molar-refractivity contribution < 1.29 is 4.74 Å². The predicted molar refractivity (Wildman–Crippen MR) is 74.2 cm³/mol. The van der Waals surface area contributed by atoms with Gasteiger partial charge in [-0.15, -0.1) is 11.3 Å². The Bertz CT molecular complexity index is 492. The minimum Gasteiger partial charge on any atom is -0.496 e. The summed E-state index contributed by atoms with van der Waals surface area (Å²) in [6.45, 7) is 3.13. The zero-order valence-corrected chi connectivity index (χ0v) is 11.8. The summed E-state index contributed by atoms with van der Waals surface area (Å²) in [5.41, 5.74) is 0. The molecule has 0 aliphatic rings. The van der Waals surface area contributed by atoms with Gasteiger partial charge in [0, 0.05) is 29.7 Å². The monoisotopic (exact) mass is 265 g/mol. The van der Waals surface area contributed by atoms with Crippen molar-refractivity contribution in [2.45, 2.75) is 19.4 Å². The van der Waals surface area contributed by atoms with E-state index in [9.17, 15) is 0 Å². The van der Waals surface area contributed by atoms with Gasteiger partial charge in [0.15, 0.2) is 0 Å². The summed E-state index contributed by atoms with van der Waals surface area (Å²) in [6.07, 6.45) is 4.91. The molecule has 0 aliphatic heterocycles. The van der Waals surface area contributed by atoms with Gasteiger partial charge in [-0.3, -0.25) is 0 Å². The maximum atomic E-state index is 5.25. The highest BCUT2D eigenvalue weighted by Gasteiger charge is 2.19. The Labute approximate surface area is 112 Å². The molecule has 0 saturated carbocycles. The Hall–Kier alpha value is -1.33.